The maximum atomic E-state index is 11.4. The Morgan fingerprint density at radius 3 is 2.76 bits per heavy atom. The Hall–Kier alpha value is -1.29. The Labute approximate surface area is 129 Å². The summed E-state index contributed by atoms with van der Waals surface area (Å²) in [5.74, 6) is 0.0302. The topological polar surface area (TPSA) is 41.1 Å². The van der Waals surface area contributed by atoms with Crippen LogP contribution in [0, 0.1) is 0 Å². The van der Waals surface area contributed by atoms with Gasteiger partial charge in [-0.05, 0) is 19.8 Å². The highest BCUT2D eigenvalue weighted by Crippen LogP contribution is 2.24. The number of allylic oxidation sites excluding steroid dienone is 1. The van der Waals surface area contributed by atoms with Crippen LogP contribution in [0.4, 0.5) is 0 Å². The fraction of sp³-hybridized carbons (Fsp3) is 0.706. The van der Waals surface area contributed by atoms with Crippen molar-refractivity contribution in [2.45, 2.75) is 72.1 Å². The molecular formula is C17H32N3O+. The first kappa shape index (κ1) is 17.8. The van der Waals surface area contributed by atoms with Crippen LogP contribution in [-0.2, 0) is 4.79 Å². The van der Waals surface area contributed by atoms with Gasteiger partial charge in [0, 0.05) is 20.3 Å². The predicted molar refractivity (Wildman–Crippen MR) is 88.0 cm³/mol. The summed E-state index contributed by atoms with van der Waals surface area (Å²) in [5, 5.41) is 6.49. The lowest BCUT2D eigenvalue weighted by atomic mass is 10.1. The van der Waals surface area contributed by atoms with E-state index in [4.69, 9.17) is 0 Å². The lowest BCUT2D eigenvalue weighted by Crippen LogP contribution is -2.62. The normalized spacial score (nSPS) is 26.0. The summed E-state index contributed by atoms with van der Waals surface area (Å²) >= 11 is 0. The van der Waals surface area contributed by atoms with Crippen molar-refractivity contribution in [3.8, 4) is 0 Å². The van der Waals surface area contributed by atoms with Gasteiger partial charge in [0.2, 0.25) is 5.91 Å². The summed E-state index contributed by atoms with van der Waals surface area (Å²) in [6.07, 6.45) is 15.2. The molecule has 1 aliphatic heterocycles. The van der Waals surface area contributed by atoms with Crippen LogP contribution in [0.3, 0.4) is 0 Å². The van der Waals surface area contributed by atoms with Gasteiger partial charge >= 0.3 is 0 Å². The van der Waals surface area contributed by atoms with E-state index in [9.17, 15) is 4.79 Å². The van der Waals surface area contributed by atoms with Gasteiger partial charge < -0.3 is 10.6 Å². The number of carbonyl (C=O) groups is 1. The number of quaternary nitrogens is 1. The van der Waals surface area contributed by atoms with Crippen LogP contribution < -0.4 is 10.6 Å². The molecule has 0 aromatic carbocycles. The molecule has 0 aromatic heterocycles. The molecule has 0 spiro atoms. The standard InChI is InChI=1S/C17H31N3O/c1-5-7-8-9-10-11-12-17-18-13-14-20(17,6-2)15(3)19-16(4)21/h10-11,13-15,17-18H,5-9,12H2,1-4H3/p+1/b11-10+. The summed E-state index contributed by atoms with van der Waals surface area (Å²) in [6, 6.07) is 0. The molecule has 1 aliphatic rings. The van der Waals surface area contributed by atoms with Gasteiger partial charge in [-0.15, -0.1) is 0 Å². The zero-order chi connectivity index (χ0) is 15.7. The molecule has 0 bridgehead atoms. The second-order valence-electron chi connectivity index (χ2n) is 5.89. The molecule has 21 heavy (non-hydrogen) atoms. The molecule has 0 aliphatic carbocycles. The lowest BCUT2D eigenvalue weighted by molar-refractivity contribution is -0.923. The minimum absolute atomic E-state index is 0.0302. The summed E-state index contributed by atoms with van der Waals surface area (Å²) in [4.78, 5) is 11.4. The SMILES string of the molecule is CCCCC/C=C/CC1NC=C[N+]1(CC)C(C)NC(C)=O. The second-order valence-corrected chi connectivity index (χ2v) is 5.89. The van der Waals surface area contributed by atoms with E-state index in [1.807, 2.05) is 6.20 Å². The highest BCUT2D eigenvalue weighted by atomic mass is 16.1. The van der Waals surface area contributed by atoms with Gasteiger partial charge in [-0.3, -0.25) is 9.28 Å². The van der Waals surface area contributed by atoms with Crippen LogP contribution in [0.25, 0.3) is 0 Å². The van der Waals surface area contributed by atoms with Gasteiger partial charge in [0.05, 0.1) is 12.7 Å². The number of nitrogens with one attached hydrogen (secondary N) is 2. The van der Waals surface area contributed by atoms with Gasteiger partial charge in [-0.2, -0.15) is 0 Å². The van der Waals surface area contributed by atoms with E-state index >= 15 is 0 Å². The van der Waals surface area contributed by atoms with Crippen molar-refractivity contribution in [3.63, 3.8) is 0 Å². The van der Waals surface area contributed by atoms with Crippen molar-refractivity contribution in [2.24, 2.45) is 0 Å². The molecule has 1 heterocycles. The molecule has 3 unspecified atom stereocenters. The number of unbranched alkanes of at least 4 members (excludes halogenated alkanes) is 3. The van der Waals surface area contributed by atoms with Crippen molar-refractivity contribution in [3.05, 3.63) is 24.6 Å². The summed E-state index contributed by atoms with van der Waals surface area (Å²) < 4.78 is 0.763. The van der Waals surface area contributed by atoms with Crippen molar-refractivity contribution in [1.82, 2.24) is 10.6 Å². The minimum Gasteiger partial charge on any atom is -0.337 e. The van der Waals surface area contributed by atoms with E-state index in [2.05, 4.69) is 49.8 Å². The van der Waals surface area contributed by atoms with Crippen LogP contribution in [0.2, 0.25) is 0 Å². The zero-order valence-corrected chi connectivity index (χ0v) is 14.1. The number of hydrogen-bond acceptors (Lipinski definition) is 2. The van der Waals surface area contributed by atoms with Gasteiger partial charge in [-0.25, -0.2) is 0 Å². The van der Waals surface area contributed by atoms with Crippen molar-refractivity contribution >= 4 is 5.91 Å². The lowest BCUT2D eigenvalue weighted by Gasteiger charge is -2.41. The molecule has 0 saturated heterocycles. The summed E-state index contributed by atoms with van der Waals surface area (Å²) in [7, 11) is 0. The Morgan fingerprint density at radius 1 is 1.38 bits per heavy atom. The molecule has 0 saturated carbocycles. The van der Waals surface area contributed by atoms with E-state index in [1.54, 1.807) is 6.92 Å². The third kappa shape index (κ3) is 4.88. The molecule has 0 radical (unpaired) electrons. The fourth-order valence-electron chi connectivity index (χ4n) is 3.07. The molecular weight excluding hydrogens is 262 g/mol. The first-order chi connectivity index (χ1) is 10.1. The van der Waals surface area contributed by atoms with Crippen molar-refractivity contribution in [1.29, 1.82) is 0 Å². The molecule has 120 valence electrons. The number of rotatable bonds is 9. The summed E-state index contributed by atoms with van der Waals surface area (Å²) in [5.41, 5.74) is 0. The van der Waals surface area contributed by atoms with E-state index in [0.717, 1.165) is 17.4 Å². The summed E-state index contributed by atoms with van der Waals surface area (Å²) in [6.45, 7) is 9.03. The molecule has 4 nitrogen and oxygen atoms in total. The monoisotopic (exact) mass is 294 g/mol. The zero-order valence-electron chi connectivity index (χ0n) is 14.1. The van der Waals surface area contributed by atoms with E-state index in [0.29, 0.717) is 6.17 Å². The largest absolute Gasteiger partial charge is 0.337 e. The maximum Gasteiger partial charge on any atom is 0.221 e. The van der Waals surface area contributed by atoms with Crippen LogP contribution in [0.5, 0.6) is 0 Å². The Bertz CT molecular complexity index is 378. The number of hydrogen-bond donors (Lipinski definition) is 2. The highest BCUT2D eigenvalue weighted by molar-refractivity contribution is 5.72. The third-order valence-electron chi connectivity index (χ3n) is 4.40. The van der Waals surface area contributed by atoms with E-state index < -0.39 is 0 Å². The molecule has 0 fully saturated rings. The van der Waals surface area contributed by atoms with Gasteiger partial charge in [-0.1, -0.05) is 31.9 Å². The van der Waals surface area contributed by atoms with Crippen LogP contribution in [0.15, 0.2) is 24.6 Å². The highest BCUT2D eigenvalue weighted by Gasteiger charge is 2.41. The van der Waals surface area contributed by atoms with Gasteiger partial charge in [0.15, 0.2) is 12.3 Å². The van der Waals surface area contributed by atoms with E-state index in [-0.39, 0.29) is 12.1 Å². The number of amides is 1. The molecule has 1 amide bonds. The molecule has 0 aromatic rings. The Balaban J connectivity index is 2.58. The van der Waals surface area contributed by atoms with Crippen LogP contribution >= 0.6 is 0 Å². The first-order valence-electron chi connectivity index (χ1n) is 8.29. The average molecular weight is 294 g/mol. The first-order valence-corrected chi connectivity index (χ1v) is 8.29. The second kappa shape index (κ2) is 8.88. The smallest absolute Gasteiger partial charge is 0.221 e. The van der Waals surface area contributed by atoms with E-state index in [1.165, 1.54) is 25.7 Å². The van der Waals surface area contributed by atoms with Crippen molar-refractivity contribution in [2.75, 3.05) is 6.54 Å². The number of carbonyl (C=O) groups excluding carboxylic acids is 1. The minimum atomic E-state index is 0.0302. The van der Waals surface area contributed by atoms with Gasteiger partial charge in [0.1, 0.15) is 6.20 Å². The van der Waals surface area contributed by atoms with Crippen LogP contribution in [0.1, 0.15) is 59.8 Å². The Morgan fingerprint density at radius 2 is 2.14 bits per heavy atom. The Kier molecular flexibility index (Phi) is 7.51. The van der Waals surface area contributed by atoms with Crippen LogP contribution in [-0.4, -0.2) is 29.3 Å². The van der Waals surface area contributed by atoms with Gasteiger partial charge in [0.25, 0.3) is 0 Å². The molecule has 1 rings (SSSR count). The fourth-order valence-corrected chi connectivity index (χ4v) is 3.07. The maximum absolute atomic E-state index is 11.4. The third-order valence-corrected chi connectivity index (χ3v) is 4.40. The van der Waals surface area contributed by atoms with Crippen molar-refractivity contribution < 1.29 is 9.28 Å². The quantitative estimate of drug-likeness (QED) is 0.389. The molecule has 3 atom stereocenters. The molecule has 4 heteroatoms. The average Bonchev–Trinajstić information content (AvgIpc) is 2.86. The number of nitrogens with zero attached hydrogens (tertiary/aromatic N) is 1. The molecule has 2 N–H and O–H groups in total. The predicted octanol–water partition coefficient (Wildman–Crippen LogP) is 3.23.